The van der Waals surface area contributed by atoms with Crippen molar-refractivity contribution in [3.63, 3.8) is 0 Å². The Morgan fingerprint density at radius 2 is 1.00 bits per heavy atom. The second-order valence-electron chi connectivity index (χ2n) is 12.7. The highest BCUT2D eigenvalue weighted by atomic mass is 14.6. The van der Waals surface area contributed by atoms with Crippen LogP contribution in [-0.2, 0) is 5.41 Å². The predicted molar refractivity (Wildman–Crippen MR) is 191 cm³/mol. The van der Waals surface area contributed by atoms with E-state index in [0.717, 1.165) is 0 Å². The van der Waals surface area contributed by atoms with Gasteiger partial charge < -0.3 is 0 Å². The molecule has 0 saturated carbocycles. The Kier molecular flexibility index (Phi) is 5.61. The summed E-state index contributed by atoms with van der Waals surface area (Å²) in [5.74, 6) is 0. The van der Waals surface area contributed by atoms with Gasteiger partial charge >= 0.3 is 0 Å². The molecule has 1 nitrogen and oxygen atoms in total. The van der Waals surface area contributed by atoms with Gasteiger partial charge in [0, 0.05) is 17.8 Å². The van der Waals surface area contributed by atoms with Gasteiger partial charge in [-0.3, -0.25) is 4.98 Å². The summed E-state index contributed by atoms with van der Waals surface area (Å²) in [6.45, 7) is 4.73. The molecule has 0 N–H and O–H groups in total. The molecule has 1 heteroatoms. The molecule has 0 aliphatic heterocycles. The molecule has 9 rings (SSSR count). The maximum Gasteiger partial charge on any atom is 0.0273 e. The van der Waals surface area contributed by atoms with Gasteiger partial charge in [-0.2, -0.15) is 0 Å². The van der Waals surface area contributed by atoms with Crippen LogP contribution in [0.4, 0.5) is 0 Å². The summed E-state index contributed by atoms with van der Waals surface area (Å²) >= 11 is 0. The van der Waals surface area contributed by atoms with Crippen LogP contribution in [0.25, 0.3) is 76.8 Å². The molecule has 0 atom stereocenters. The molecular formula is C44H31N. The summed E-state index contributed by atoms with van der Waals surface area (Å²) < 4.78 is 0. The first-order valence-corrected chi connectivity index (χ1v) is 15.7. The van der Waals surface area contributed by atoms with E-state index in [4.69, 9.17) is 0 Å². The first kappa shape index (κ1) is 25.9. The van der Waals surface area contributed by atoms with Crippen molar-refractivity contribution in [3.05, 3.63) is 163 Å². The molecule has 0 unspecified atom stereocenters. The van der Waals surface area contributed by atoms with Crippen molar-refractivity contribution in [1.82, 2.24) is 4.98 Å². The van der Waals surface area contributed by atoms with Crippen LogP contribution in [0.1, 0.15) is 25.0 Å². The third-order valence-corrected chi connectivity index (χ3v) is 9.97. The standard InChI is InChI=1S/C44H31N/c1-44(2)40-17-8-7-13-34(40)35-20-19-31(27-41(35)44)43-37-15-6-5-14-36(37)42(29-22-24-45-25-23-29)38-21-18-30(26-39(38)43)33-16-9-11-28-10-3-4-12-32(28)33/h3-27H,1-2H3. The zero-order valence-electron chi connectivity index (χ0n) is 25.4. The zero-order chi connectivity index (χ0) is 30.1. The lowest BCUT2D eigenvalue weighted by atomic mass is 9.80. The van der Waals surface area contributed by atoms with Gasteiger partial charge in [0.25, 0.3) is 0 Å². The van der Waals surface area contributed by atoms with Gasteiger partial charge in [0.15, 0.2) is 0 Å². The van der Waals surface area contributed by atoms with Crippen LogP contribution in [0.5, 0.6) is 0 Å². The summed E-state index contributed by atoms with van der Waals surface area (Å²) in [5, 5.41) is 7.56. The molecule has 0 saturated heterocycles. The average molecular weight is 574 g/mol. The topological polar surface area (TPSA) is 12.9 Å². The normalized spacial score (nSPS) is 13.3. The van der Waals surface area contributed by atoms with Crippen LogP contribution in [0.15, 0.2) is 152 Å². The van der Waals surface area contributed by atoms with E-state index in [2.05, 4.69) is 158 Å². The van der Waals surface area contributed by atoms with E-state index < -0.39 is 0 Å². The van der Waals surface area contributed by atoms with Crippen molar-refractivity contribution in [2.75, 3.05) is 0 Å². The van der Waals surface area contributed by atoms with Gasteiger partial charge in [-0.15, -0.1) is 0 Å². The van der Waals surface area contributed by atoms with Crippen LogP contribution in [0.2, 0.25) is 0 Å². The Bertz CT molecular complexity index is 2440. The molecule has 212 valence electrons. The molecule has 0 radical (unpaired) electrons. The molecule has 1 aromatic heterocycles. The van der Waals surface area contributed by atoms with Crippen LogP contribution >= 0.6 is 0 Å². The monoisotopic (exact) mass is 573 g/mol. The van der Waals surface area contributed by atoms with E-state index in [-0.39, 0.29) is 5.41 Å². The number of benzene rings is 7. The minimum atomic E-state index is -0.0708. The lowest BCUT2D eigenvalue weighted by Gasteiger charge is -2.23. The number of hydrogen-bond acceptors (Lipinski definition) is 1. The fourth-order valence-corrected chi connectivity index (χ4v) is 7.82. The van der Waals surface area contributed by atoms with E-state index in [1.165, 1.54) is 88.0 Å². The van der Waals surface area contributed by atoms with E-state index in [0.29, 0.717) is 0 Å². The molecule has 45 heavy (non-hydrogen) atoms. The van der Waals surface area contributed by atoms with Crippen LogP contribution in [0, 0.1) is 0 Å². The van der Waals surface area contributed by atoms with E-state index in [1.807, 2.05) is 12.4 Å². The SMILES string of the molecule is CC1(C)c2ccccc2-c2ccc(-c3c4ccccc4c(-c4ccncc4)c4ccc(-c5cccc6ccccc56)cc34)cc21. The third-order valence-electron chi connectivity index (χ3n) is 9.97. The van der Waals surface area contributed by atoms with E-state index >= 15 is 0 Å². The first-order valence-electron chi connectivity index (χ1n) is 15.7. The molecule has 0 fully saturated rings. The smallest absolute Gasteiger partial charge is 0.0273 e. The van der Waals surface area contributed by atoms with Crippen molar-refractivity contribution >= 4 is 32.3 Å². The van der Waals surface area contributed by atoms with Crippen molar-refractivity contribution < 1.29 is 0 Å². The molecule has 0 amide bonds. The van der Waals surface area contributed by atoms with Crippen LogP contribution in [-0.4, -0.2) is 4.98 Å². The molecular weight excluding hydrogens is 542 g/mol. The first-order chi connectivity index (χ1) is 22.1. The van der Waals surface area contributed by atoms with Crippen molar-refractivity contribution in [2.45, 2.75) is 19.3 Å². The highest BCUT2D eigenvalue weighted by Crippen LogP contribution is 2.51. The van der Waals surface area contributed by atoms with Crippen LogP contribution in [0.3, 0.4) is 0 Å². The molecule has 0 bridgehead atoms. The third kappa shape index (κ3) is 3.84. The highest BCUT2D eigenvalue weighted by Gasteiger charge is 2.35. The van der Waals surface area contributed by atoms with E-state index in [1.54, 1.807) is 0 Å². The maximum atomic E-state index is 4.34. The molecule has 7 aromatic carbocycles. The quantitative estimate of drug-likeness (QED) is 0.192. The zero-order valence-corrected chi connectivity index (χ0v) is 25.4. The largest absolute Gasteiger partial charge is 0.265 e. The van der Waals surface area contributed by atoms with Gasteiger partial charge in [-0.25, -0.2) is 0 Å². The van der Waals surface area contributed by atoms with Crippen molar-refractivity contribution in [2.24, 2.45) is 0 Å². The summed E-state index contributed by atoms with van der Waals surface area (Å²) in [6.07, 6.45) is 3.79. The summed E-state index contributed by atoms with van der Waals surface area (Å²) in [4.78, 5) is 4.34. The number of fused-ring (bicyclic) bond motifs is 6. The van der Waals surface area contributed by atoms with Gasteiger partial charge in [-0.1, -0.05) is 129 Å². The van der Waals surface area contributed by atoms with Gasteiger partial charge in [0.2, 0.25) is 0 Å². The summed E-state index contributed by atoms with van der Waals surface area (Å²) in [7, 11) is 0. The molecule has 0 spiro atoms. The van der Waals surface area contributed by atoms with Crippen molar-refractivity contribution in [3.8, 4) is 44.5 Å². The van der Waals surface area contributed by atoms with Crippen molar-refractivity contribution in [1.29, 1.82) is 0 Å². The van der Waals surface area contributed by atoms with Gasteiger partial charge in [0.1, 0.15) is 0 Å². The Morgan fingerprint density at radius 1 is 0.400 bits per heavy atom. The maximum absolute atomic E-state index is 4.34. The Balaban J connectivity index is 1.39. The Labute approximate surface area is 263 Å². The Morgan fingerprint density at radius 3 is 1.82 bits per heavy atom. The molecule has 1 aliphatic rings. The lowest BCUT2D eigenvalue weighted by molar-refractivity contribution is 0.660. The average Bonchev–Trinajstić information content (AvgIpc) is 3.32. The van der Waals surface area contributed by atoms with Crippen LogP contribution < -0.4 is 0 Å². The number of rotatable bonds is 3. The Hall–Kier alpha value is -5.53. The number of pyridine rings is 1. The van der Waals surface area contributed by atoms with Gasteiger partial charge in [0.05, 0.1) is 0 Å². The number of hydrogen-bond donors (Lipinski definition) is 0. The second kappa shape index (κ2) is 9.74. The minimum Gasteiger partial charge on any atom is -0.265 e. The van der Waals surface area contributed by atoms with E-state index in [9.17, 15) is 0 Å². The summed E-state index contributed by atoms with van der Waals surface area (Å²) in [5.41, 5.74) is 12.9. The highest BCUT2D eigenvalue weighted by molar-refractivity contribution is 6.22. The second-order valence-corrected chi connectivity index (χ2v) is 12.7. The number of nitrogens with zero attached hydrogens (tertiary/aromatic N) is 1. The molecule has 1 heterocycles. The van der Waals surface area contributed by atoms with Gasteiger partial charge in [-0.05, 0) is 112 Å². The molecule has 8 aromatic rings. The lowest BCUT2D eigenvalue weighted by Crippen LogP contribution is -2.14. The number of aromatic nitrogens is 1. The fourth-order valence-electron chi connectivity index (χ4n) is 7.82. The summed E-state index contributed by atoms with van der Waals surface area (Å²) in [6, 6.07) is 51.6. The molecule has 1 aliphatic carbocycles. The fraction of sp³-hybridized carbons (Fsp3) is 0.0682. The minimum absolute atomic E-state index is 0.0708. The predicted octanol–water partition coefficient (Wildman–Crippen LogP) is 11.8.